The molecule has 1 heterocycles. The zero-order chi connectivity index (χ0) is 50.1. The number of rotatable bonds is 2. The molecule has 0 fully saturated rings. The molecule has 25 heteroatoms. The minimum absolute atomic E-state index is 0.00538. The highest BCUT2D eigenvalue weighted by Crippen LogP contribution is 2.34. The minimum atomic E-state index is -0.128. The van der Waals surface area contributed by atoms with Gasteiger partial charge in [0.2, 0.25) is 0 Å². The summed E-state index contributed by atoms with van der Waals surface area (Å²) in [5.41, 5.74) is -0.469. The summed E-state index contributed by atoms with van der Waals surface area (Å²) in [6, 6.07) is 0. The van der Waals surface area contributed by atoms with E-state index in [4.69, 9.17) is 193 Å². The van der Waals surface area contributed by atoms with Crippen LogP contribution in [0.15, 0.2) is 4.42 Å². The maximum absolute atomic E-state index is 7.23. The van der Waals surface area contributed by atoms with Gasteiger partial charge in [0.25, 0.3) is 0 Å². The monoisotopic (exact) mass is 808 g/mol. The average molecular weight is 804 g/mol. The molecule has 48 radical (unpaired) electrons. The van der Waals surface area contributed by atoms with Gasteiger partial charge in [0.15, 0.2) is 0 Å². The molecule has 0 amide bonds. The molecule has 0 bridgehead atoms. The van der Waals surface area contributed by atoms with Gasteiger partial charge in [0, 0.05) is 10.8 Å². The first kappa shape index (κ1) is 47.0. The number of fused-ring (bicyclic) bond motifs is 3. The number of hydrogen-bond donors (Lipinski definition) is 0. The SMILES string of the molecule is [B]c1c(-c2c([B])c3c([B])c([B])c4c([B])c([B])c([B])c5c([B])c([B])c(c2[B])c3c45)c([B])c2c(oc3c([B])c([B])c(-c4c([B])c5c([B])c([B])c6c([B])c([B])c([B])c7c([B])c([B])c(c4[B])c5c67)c([B])c32)c1[B]. The molecule has 0 atom stereocenters. The Kier molecular flexibility index (Phi) is 10.3. The van der Waals surface area contributed by atoms with E-state index in [2.05, 4.69) is 0 Å². The van der Waals surface area contributed by atoms with Crippen LogP contribution >= 0.6 is 0 Å². The van der Waals surface area contributed by atoms with Crippen molar-refractivity contribution in [1.82, 2.24) is 0 Å². The van der Waals surface area contributed by atoms with Crippen LogP contribution < -0.4 is 131 Å². The standard InChI is InChI=1S/C44B24O/c45-19-5-1-3-9(29(55)25(5)51)33(59)39(65)34(60)10(3)30(56)26(52)6(1)20(46)13(19)15-23(49)17-18-24(50)16(38(64)42(68)44(18)69-43(17)41(67)37(15)63)14-21(47)7-2-4-11(31(57)27(7)53)35(61)40(66)36(62)12(4)32(58)28(54)8(2)22(14)48. The lowest BCUT2D eigenvalue weighted by Gasteiger charge is -2.31. The van der Waals surface area contributed by atoms with E-state index in [9.17, 15) is 0 Å². The van der Waals surface area contributed by atoms with Crippen molar-refractivity contribution < 1.29 is 4.42 Å². The van der Waals surface area contributed by atoms with Crippen LogP contribution in [0.3, 0.4) is 0 Å². The highest BCUT2D eigenvalue weighted by molar-refractivity contribution is 6.78. The van der Waals surface area contributed by atoms with E-state index in [1.54, 1.807) is 0 Å². The maximum Gasteiger partial charge on any atom is 0.127 e. The van der Waals surface area contributed by atoms with Crippen LogP contribution in [-0.2, 0) is 0 Å². The van der Waals surface area contributed by atoms with Crippen LogP contribution in [0.5, 0.6) is 0 Å². The number of furan rings is 1. The van der Waals surface area contributed by atoms with Gasteiger partial charge in [-0.25, -0.2) is 0 Å². The second-order valence-corrected chi connectivity index (χ2v) is 17.4. The second kappa shape index (κ2) is 15.1. The summed E-state index contributed by atoms with van der Waals surface area (Å²) < 4.78 is 6.35. The summed E-state index contributed by atoms with van der Waals surface area (Å²) in [6.07, 6.45) is 0. The molecule has 11 rings (SSSR count). The molecule has 0 aliphatic heterocycles. The van der Waals surface area contributed by atoms with Crippen LogP contribution in [-0.4, -0.2) is 188 Å². The van der Waals surface area contributed by atoms with Crippen molar-refractivity contribution in [3.05, 3.63) is 0 Å². The Hall–Kier alpha value is -4.36. The lowest BCUT2D eigenvalue weighted by molar-refractivity contribution is 0.675. The third-order valence-electron chi connectivity index (χ3n) is 14.3. The summed E-state index contributed by atoms with van der Waals surface area (Å²) in [6.45, 7) is 0. The number of hydrogen-bond acceptors (Lipinski definition) is 1. The summed E-state index contributed by atoms with van der Waals surface area (Å²) in [4.78, 5) is 0. The molecule has 0 aliphatic carbocycles. The Labute approximate surface area is 429 Å². The van der Waals surface area contributed by atoms with E-state index in [1.807, 2.05) is 0 Å². The molecule has 0 saturated carbocycles. The smallest absolute Gasteiger partial charge is 0.127 e. The number of benzene rings is 10. The van der Waals surface area contributed by atoms with Crippen molar-refractivity contribution >= 4 is 406 Å². The van der Waals surface area contributed by atoms with E-state index in [0.717, 1.165) is 0 Å². The van der Waals surface area contributed by atoms with Crippen molar-refractivity contribution in [3.8, 4) is 22.3 Å². The Morgan fingerprint density at radius 2 is 0.290 bits per heavy atom. The van der Waals surface area contributed by atoms with E-state index >= 15 is 0 Å². The zero-order valence-electron chi connectivity index (χ0n) is 36.3. The molecule has 11 aromatic rings. The van der Waals surface area contributed by atoms with Crippen molar-refractivity contribution in [3.63, 3.8) is 0 Å². The summed E-state index contributed by atoms with van der Waals surface area (Å²) in [7, 11) is 163. The van der Waals surface area contributed by atoms with Crippen LogP contribution in [0.25, 0.3) is 109 Å². The molecule has 0 saturated heterocycles. The largest absolute Gasteiger partial charge is 0.457 e. The van der Waals surface area contributed by atoms with E-state index in [0.29, 0.717) is 21.5 Å². The molecular weight excluding hydrogens is 804 g/mol. The molecule has 0 unspecified atom stereocenters. The predicted octanol–water partition coefficient (Wildman–Crippen LogP) is -16.2. The second-order valence-electron chi connectivity index (χ2n) is 17.4. The third kappa shape index (κ3) is 5.40. The topological polar surface area (TPSA) is 13.1 Å². The van der Waals surface area contributed by atoms with Gasteiger partial charge in [0.05, 0.1) is 0 Å². The molecule has 0 N–H and O–H groups in total. The zero-order valence-corrected chi connectivity index (χ0v) is 36.3. The average Bonchev–Trinajstić information content (AvgIpc) is 3.71. The lowest BCUT2D eigenvalue weighted by Crippen LogP contribution is -2.48. The van der Waals surface area contributed by atoms with Crippen molar-refractivity contribution in [2.45, 2.75) is 0 Å². The van der Waals surface area contributed by atoms with Crippen molar-refractivity contribution in [1.29, 1.82) is 0 Å². The highest BCUT2D eigenvalue weighted by atomic mass is 16.3. The van der Waals surface area contributed by atoms with Gasteiger partial charge < -0.3 is 4.42 Å². The molecule has 1 aromatic heterocycles. The van der Waals surface area contributed by atoms with Crippen LogP contribution in [0, 0.1) is 0 Å². The van der Waals surface area contributed by atoms with Crippen LogP contribution in [0.1, 0.15) is 0 Å². The normalized spacial score (nSPS) is 12.3. The maximum atomic E-state index is 7.23. The van der Waals surface area contributed by atoms with Gasteiger partial charge in [-0.05, 0) is 86.9 Å². The quantitative estimate of drug-likeness (QED) is 0.125. The molecule has 0 aliphatic rings. The Morgan fingerprint density at radius 3 is 0.507 bits per heavy atom. The molecular formula is C44B24O. The fourth-order valence-electron chi connectivity index (χ4n) is 11.0. The van der Waals surface area contributed by atoms with Gasteiger partial charge in [-0.2, -0.15) is 0 Å². The van der Waals surface area contributed by atoms with E-state index < -0.39 is 0 Å². The van der Waals surface area contributed by atoms with Gasteiger partial charge >= 0.3 is 0 Å². The predicted molar refractivity (Wildman–Crippen MR) is 321 cm³/mol. The van der Waals surface area contributed by atoms with Crippen molar-refractivity contribution in [2.75, 3.05) is 0 Å². The Balaban J connectivity index is 1.30. The highest BCUT2D eigenvalue weighted by Gasteiger charge is 2.30. The summed E-state index contributed by atoms with van der Waals surface area (Å²) >= 11 is 0. The Bertz CT molecular complexity index is 3890. The van der Waals surface area contributed by atoms with Crippen LogP contribution in [0.2, 0.25) is 0 Å². The Morgan fingerprint density at radius 1 is 0.130 bits per heavy atom. The van der Waals surface area contributed by atoms with Gasteiger partial charge in [-0.15, -0.1) is 10.9 Å². The van der Waals surface area contributed by atoms with E-state index in [-0.39, 0.29) is 218 Å². The third-order valence-corrected chi connectivity index (χ3v) is 14.3. The molecule has 254 valence electrons. The van der Waals surface area contributed by atoms with Crippen molar-refractivity contribution in [2.24, 2.45) is 0 Å². The molecule has 69 heavy (non-hydrogen) atoms. The lowest BCUT2D eigenvalue weighted by atomic mass is 9.57. The van der Waals surface area contributed by atoms with Gasteiger partial charge in [0.1, 0.15) is 199 Å². The summed E-state index contributed by atoms with van der Waals surface area (Å²) in [5, 5.41) is 3.49. The minimum Gasteiger partial charge on any atom is -0.457 e. The molecule has 1 nitrogen and oxygen atoms in total. The first-order valence-corrected chi connectivity index (χ1v) is 20.6. The van der Waals surface area contributed by atoms with E-state index in [1.165, 1.54) is 0 Å². The van der Waals surface area contributed by atoms with Crippen LogP contribution in [0.4, 0.5) is 0 Å². The molecule has 0 spiro atoms. The fraction of sp³-hybridized carbons (Fsp3) is 0. The first-order chi connectivity index (χ1) is 32.3. The first-order valence-electron chi connectivity index (χ1n) is 20.6. The summed E-state index contributed by atoms with van der Waals surface area (Å²) in [5.74, 6) is 0. The fourth-order valence-corrected chi connectivity index (χ4v) is 11.0. The molecule has 10 aromatic carbocycles. The van der Waals surface area contributed by atoms with Gasteiger partial charge in [-0.3, -0.25) is 0 Å². The van der Waals surface area contributed by atoms with Gasteiger partial charge in [-0.1, -0.05) is 120 Å².